The second-order valence-corrected chi connectivity index (χ2v) is 7.43. The van der Waals surface area contributed by atoms with E-state index in [1.807, 2.05) is 30.3 Å². The fraction of sp³-hybridized carbons (Fsp3) is 0.167. The number of carbonyl (C=O) groups is 3. The normalized spacial score (nSPS) is 11.9. The summed E-state index contributed by atoms with van der Waals surface area (Å²) in [7, 11) is 0. The SMILES string of the molecule is CC(=O)Nc1ccc(C(=O)C(C)OC(=O)/C=C/c2c(C)nn(-c3ccccc3)c2Cl)cc1. The van der Waals surface area contributed by atoms with Crippen LogP contribution in [0.2, 0.25) is 5.15 Å². The van der Waals surface area contributed by atoms with Crippen molar-refractivity contribution in [2.24, 2.45) is 0 Å². The molecular weight excluding hydrogens is 430 g/mol. The first-order chi connectivity index (χ1) is 15.3. The fourth-order valence-corrected chi connectivity index (χ4v) is 3.35. The summed E-state index contributed by atoms with van der Waals surface area (Å²) in [6.45, 7) is 4.68. The van der Waals surface area contributed by atoms with E-state index >= 15 is 0 Å². The number of halogens is 1. The van der Waals surface area contributed by atoms with Crippen molar-refractivity contribution in [3.8, 4) is 5.69 Å². The lowest BCUT2D eigenvalue weighted by atomic mass is 10.1. The van der Waals surface area contributed by atoms with Crippen LogP contribution in [0, 0.1) is 6.92 Å². The standard InChI is InChI=1S/C24H22ClN3O4/c1-15-21(24(25)28(27-15)20-7-5-4-6-8-20)13-14-22(30)32-16(2)23(31)18-9-11-19(12-10-18)26-17(3)29/h4-14,16H,1-3H3,(H,26,29)/b14-13+. The molecule has 0 saturated carbocycles. The van der Waals surface area contributed by atoms with Gasteiger partial charge in [-0.3, -0.25) is 9.59 Å². The molecule has 3 rings (SSSR count). The average molecular weight is 452 g/mol. The molecule has 1 N–H and O–H groups in total. The van der Waals surface area contributed by atoms with E-state index in [0.717, 1.165) is 5.69 Å². The van der Waals surface area contributed by atoms with Gasteiger partial charge in [-0.1, -0.05) is 29.8 Å². The highest BCUT2D eigenvalue weighted by molar-refractivity contribution is 6.31. The second-order valence-electron chi connectivity index (χ2n) is 7.07. The number of anilines is 1. The van der Waals surface area contributed by atoms with E-state index in [9.17, 15) is 14.4 Å². The van der Waals surface area contributed by atoms with Crippen LogP contribution in [0.4, 0.5) is 5.69 Å². The summed E-state index contributed by atoms with van der Waals surface area (Å²) in [5.41, 5.74) is 2.97. The van der Waals surface area contributed by atoms with Gasteiger partial charge in [0, 0.05) is 29.8 Å². The Kier molecular flexibility index (Phi) is 7.22. The number of carbonyl (C=O) groups excluding carboxylic acids is 3. The molecule has 0 saturated heterocycles. The van der Waals surface area contributed by atoms with Crippen molar-refractivity contribution in [3.05, 3.63) is 82.6 Å². The highest BCUT2D eigenvalue weighted by Gasteiger charge is 2.19. The number of para-hydroxylation sites is 1. The Labute approximate surface area is 190 Å². The number of nitrogens with zero attached hydrogens (tertiary/aromatic N) is 2. The van der Waals surface area contributed by atoms with Crippen LogP contribution in [0.25, 0.3) is 11.8 Å². The highest BCUT2D eigenvalue weighted by Crippen LogP contribution is 2.24. The lowest BCUT2D eigenvalue weighted by molar-refractivity contribution is -0.140. The average Bonchev–Trinajstić information content (AvgIpc) is 3.05. The second kappa shape index (κ2) is 10.1. The number of ketones is 1. The maximum Gasteiger partial charge on any atom is 0.331 e. The predicted octanol–water partition coefficient (Wildman–Crippen LogP) is 4.62. The molecule has 1 atom stereocenters. The number of aromatic nitrogens is 2. The van der Waals surface area contributed by atoms with Gasteiger partial charge in [0.25, 0.3) is 0 Å². The monoisotopic (exact) mass is 451 g/mol. The smallest absolute Gasteiger partial charge is 0.331 e. The number of esters is 1. The lowest BCUT2D eigenvalue weighted by Gasteiger charge is -2.11. The molecule has 1 amide bonds. The molecule has 2 aromatic carbocycles. The topological polar surface area (TPSA) is 90.3 Å². The van der Waals surface area contributed by atoms with Gasteiger partial charge in [0.2, 0.25) is 11.7 Å². The van der Waals surface area contributed by atoms with Gasteiger partial charge in [-0.25, -0.2) is 9.48 Å². The van der Waals surface area contributed by atoms with Crippen molar-refractivity contribution in [1.29, 1.82) is 0 Å². The quantitative estimate of drug-likeness (QED) is 0.321. The van der Waals surface area contributed by atoms with Gasteiger partial charge in [-0.15, -0.1) is 0 Å². The van der Waals surface area contributed by atoms with Crippen LogP contribution in [-0.2, 0) is 14.3 Å². The van der Waals surface area contributed by atoms with E-state index in [0.29, 0.717) is 27.7 Å². The maximum absolute atomic E-state index is 12.5. The number of aryl methyl sites for hydroxylation is 1. The van der Waals surface area contributed by atoms with Crippen LogP contribution < -0.4 is 5.32 Å². The van der Waals surface area contributed by atoms with E-state index in [4.69, 9.17) is 16.3 Å². The molecule has 32 heavy (non-hydrogen) atoms. The zero-order chi connectivity index (χ0) is 23.3. The largest absolute Gasteiger partial charge is 0.451 e. The first-order valence-corrected chi connectivity index (χ1v) is 10.2. The molecule has 0 aliphatic heterocycles. The van der Waals surface area contributed by atoms with Crippen LogP contribution in [0.3, 0.4) is 0 Å². The molecule has 1 heterocycles. The number of Topliss-reactive ketones (excluding diaryl/α,β-unsaturated/α-hetero) is 1. The Balaban J connectivity index is 1.66. The number of rotatable bonds is 7. The van der Waals surface area contributed by atoms with Crippen LogP contribution >= 0.6 is 11.6 Å². The van der Waals surface area contributed by atoms with E-state index in [1.54, 1.807) is 35.9 Å². The van der Waals surface area contributed by atoms with Gasteiger partial charge in [-0.2, -0.15) is 5.10 Å². The minimum atomic E-state index is -0.984. The molecule has 0 bridgehead atoms. The van der Waals surface area contributed by atoms with Crippen LogP contribution in [0.15, 0.2) is 60.7 Å². The van der Waals surface area contributed by atoms with Crippen molar-refractivity contribution in [2.75, 3.05) is 5.32 Å². The molecule has 1 aromatic heterocycles. The molecule has 0 fully saturated rings. The molecule has 0 radical (unpaired) electrons. The Morgan fingerprint density at radius 3 is 2.38 bits per heavy atom. The molecule has 0 spiro atoms. The summed E-state index contributed by atoms with van der Waals surface area (Å²) in [6.07, 6.45) is 1.75. The summed E-state index contributed by atoms with van der Waals surface area (Å²) in [6, 6.07) is 15.7. The first-order valence-electron chi connectivity index (χ1n) is 9.87. The molecule has 1 unspecified atom stereocenters. The number of hydrogen-bond donors (Lipinski definition) is 1. The predicted molar refractivity (Wildman–Crippen MR) is 123 cm³/mol. The van der Waals surface area contributed by atoms with Crippen LogP contribution in [0.1, 0.15) is 35.5 Å². The molecule has 7 nitrogen and oxygen atoms in total. The summed E-state index contributed by atoms with van der Waals surface area (Å²) >= 11 is 6.44. The third-order valence-corrected chi connectivity index (χ3v) is 4.95. The van der Waals surface area contributed by atoms with Gasteiger partial charge in [-0.05, 0) is 56.3 Å². The van der Waals surface area contributed by atoms with E-state index in [2.05, 4.69) is 10.4 Å². The molecule has 0 aliphatic rings. The number of hydrogen-bond acceptors (Lipinski definition) is 5. The minimum Gasteiger partial charge on any atom is -0.451 e. The molecule has 0 aliphatic carbocycles. The fourth-order valence-electron chi connectivity index (χ4n) is 3.01. The number of nitrogens with one attached hydrogen (secondary N) is 1. The van der Waals surface area contributed by atoms with Gasteiger partial charge >= 0.3 is 5.97 Å². The van der Waals surface area contributed by atoms with Gasteiger partial charge in [0.05, 0.1) is 11.4 Å². The van der Waals surface area contributed by atoms with Crippen LogP contribution in [0.5, 0.6) is 0 Å². The zero-order valence-corrected chi connectivity index (χ0v) is 18.6. The Bertz CT molecular complexity index is 1170. The van der Waals surface area contributed by atoms with Crippen molar-refractivity contribution < 1.29 is 19.1 Å². The Morgan fingerprint density at radius 1 is 1.09 bits per heavy atom. The van der Waals surface area contributed by atoms with Crippen molar-refractivity contribution >= 4 is 41.0 Å². The van der Waals surface area contributed by atoms with Gasteiger partial charge in [0.1, 0.15) is 5.15 Å². The van der Waals surface area contributed by atoms with Gasteiger partial charge in [0.15, 0.2) is 6.10 Å². The van der Waals surface area contributed by atoms with Crippen molar-refractivity contribution in [3.63, 3.8) is 0 Å². The Morgan fingerprint density at radius 2 is 1.75 bits per heavy atom. The van der Waals surface area contributed by atoms with Crippen molar-refractivity contribution in [2.45, 2.75) is 26.9 Å². The summed E-state index contributed by atoms with van der Waals surface area (Å²) in [4.78, 5) is 35.9. The third-order valence-electron chi connectivity index (χ3n) is 4.59. The van der Waals surface area contributed by atoms with Crippen LogP contribution in [-0.4, -0.2) is 33.5 Å². The molecule has 164 valence electrons. The molecule has 3 aromatic rings. The number of ether oxygens (including phenoxy) is 1. The van der Waals surface area contributed by atoms with E-state index < -0.39 is 12.1 Å². The number of amides is 1. The summed E-state index contributed by atoms with van der Waals surface area (Å²) < 4.78 is 6.82. The summed E-state index contributed by atoms with van der Waals surface area (Å²) in [5, 5.41) is 7.40. The van der Waals surface area contributed by atoms with Gasteiger partial charge < -0.3 is 10.1 Å². The van der Waals surface area contributed by atoms with Crippen molar-refractivity contribution in [1.82, 2.24) is 9.78 Å². The lowest BCUT2D eigenvalue weighted by Crippen LogP contribution is -2.23. The zero-order valence-electron chi connectivity index (χ0n) is 17.8. The Hall–Kier alpha value is -3.71. The maximum atomic E-state index is 12.5. The van der Waals surface area contributed by atoms with E-state index in [1.165, 1.54) is 26.0 Å². The van der Waals surface area contributed by atoms with E-state index in [-0.39, 0.29) is 11.7 Å². The third kappa shape index (κ3) is 5.50. The summed E-state index contributed by atoms with van der Waals surface area (Å²) in [5.74, 6) is -1.24. The number of benzene rings is 2. The molecular formula is C24H22ClN3O4. The molecule has 8 heteroatoms. The highest BCUT2D eigenvalue weighted by atomic mass is 35.5. The first kappa shape index (κ1) is 23.0. The minimum absolute atomic E-state index is 0.206.